The van der Waals surface area contributed by atoms with E-state index < -0.39 is 9.84 Å². The maximum atomic E-state index is 12.2. The van der Waals surface area contributed by atoms with Crippen molar-refractivity contribution in [3.8, 4) is 0 Å². The fourth-order valence-corrected chi connectivity index (χ4v) is 5.19. The van der Waals surface area contributed by atoms with Crippen LogP contribution < -0.4 is 11.1 Å². The quantitative estimate of drug-likeness (QED) is 0.814. The molecule has 0 radical (unpaired) electrons. The molecule has 0 saturated heterocycles. The molecule has 0 spiro atoms. The van der Waals surface area contributed by atoms with Gasteiger partial charge in [-0.05, 0) is 35.8 Å². The fourth-order valence-electron chi connectivity index (χ4n) is 1.83. The summed E-state index contributed by atoms with van der Waals surface area (Å²) < 4.78 is 28.3. The Morgan fingerprint density at radius 3 is 2.90 bits per heavy atom. The predicted octanol–water partition coefficient (Wildman–Crippen LogP) is 2.63. The van der Waals surface area contributed by atoms with Crippen LogP contribution in [0.25, 0.3) is 0 Å². The van der Waals surface area contributed by atoms with E-state index in [-0.39, 0.29) is 16.5 Å². The van der Waals surface area contributed by atoms with E-state index in [0.717, 1.165) is 18.0 Å². The molecule has 0 aliphatic heterocycles. The highest BCUT2D eigenvalue weighted by Gasteiger charge is 2.24. The van der Waals surface area contributed by atoms with Crippen LogP contribution in [-0.2, 0) is 16.3 Å². The molecule has 0 aliphatic rings. The van der Waals surface area contributed by atoms with Gasteiger partial charge in [-0.3, -0.25) is 0 Å². The molecule has 0 aromatic carbocycles. The molecule has 2 rings (SSSR count). The van der Waals surface area contributed by atoms with E-state index in [2.05, 4.69) is 15.8 Å². The Morgan fingerprint density at radius 1 is 1.45 bits per heavy atom. The number of nitrogens with two attached hydrogens (primary N) is 1. The summed E-state index contributed by atoms with van der Waals surface area (Å²) in [6.07, 6.45) is 1.41. The van der Waals surface area contributed by atoms with Crippen LogP contribution in [0.15, 0.2) is 22.4 Å². The minimum Gasteiger partial charge on any atom is -0.382 e. The average molecular weight is 331 g/mol. The highest BCUT2D eigenvalue weighted by Crippen LogP contribution is 2.32. The minimum atomic E-state index is -3.35. The molecule has 2 heterocycles. The van der Waals surface area contributed by atoms with Crippen LogP contribution in [-0.4, -0.2) is 25.1 Å². The van der Waals surface area contributed by atoms with Gasteiger partial charge in [0.05, 0.1) is 5.75 Å². The molecular formula is C12H17N3O2S3. The molecule has 0 saturated carbocycles. The molecule has 0 aliphatic carbocycles. The summed E-state index contributed by atoms with van der Waals surface area (Å²) in [5.41, 5.74) is 5.71. The van der Waals surface area contributed by atoms with Gasteiger partial charge in [-0.1, -0.05) is 13.0 Å². The number of anilines is 2. The first-order valence-corrected chi connectivity index (χ1v) is 9.59. The Kier molecular flexibility index (Phi) is 5.00. The molecule has 20 heavy (non-hydrogen) atoms. The van der Waals surface area contributed by atoms with Gasteiger partial charge in [-0.15, -0.1) is 11.3 Å². The minimum absolute atomic E-state index is 0.0925. The smallest absolute Gasteiger partial charge is 0.185 e. The van der Waals surface area contributed by atoms with Crippen molar-refractivity contribution in [1.29, 1.82) is 0 Å². The van der Waals surface area contributed by atoms with Crippen LogP contribution in [0.5, 0.6) is 0 Å². The first-order valence-electron chi connectivity index (χ1n) is 6.28. The molecular weight excluding hydrogens is 314 g/mol. The van der Waals surface area contributed by atoms with Crippen molar-refractivity contribution in [2.75, 3.05) is 23.3 Å². The molecule has 0 bridgehead atoms. The number of nitrogens with one attached hydrogen (secondary N) is 1. The van der Waals surface area contributed by atoms with Crippen molar-refractivity contribution >= 4 is 43.5 Å². The Hall–Kier alpha value is -1.12. The van der Waals surface area contributed by atoms with Crippen LogP contribution in [0.3, 0.4) is 0 Å². The number of aromatic nitrogens is 1. The number of hydrogen-bond donors (Lipinski definition) is 2. The molecule has 0 unspecified atom stereocenters. The second-order valence-corrected chi connectivity index (χ2v) is 8.15. The largest absolute Gasteiger partial charge is 0.382 e. The van der Waals surface area contributed by atoms with Crippen molar-refractivity contribution in [2.24, 2.45) is 0 Å². The van der Waals surface area contributed by atoms with Crippen molar-refractivity contribution < 1.29 is 8.42 Å². The topological polar surface area (TPSA) is 85.1 Å². The normalized spacial score (nSPS) is 11.7. The SMILES string of the molecule is CCCS(=O)(=O)c1c(N)nsc1NCCc1cccs1. The lowest BCUT2D eigenvalue weighted by molar-refractivity contribution is 0.595. The fraction of sp³-hybridized carbons (Fsp3) is 0.417. The molecule has 0 amide bonds. The summed E-state index contributed by atoms with van der Waals surface area (Å²) in [6.45, 7) is 2.49. The van der Waals surface area contributed by atoms with Gasteiger partial charge in [-0.25, -0.2) is 8.42 Å². The Balaban J connectivity index is 2.09. The first-order chi connectivity index (χ1) is 9.54. The lowest BCUT2D eigenvalue weighted by atomic mass is 10.3. The summed E-state index contributed by atoms with van der Waals surface area (Å²) in [5, 5.41) is 5.71. The molecule has 0 fully saturated rings. The maximum absolute atomic E-state index is 12.2. The van der Waals surface area contributed by atoms with E-state index in [1.807, 2.05) is 18.4 Å². The van der Waals surface area contributed by atoms with E-state index in [0.29, 0.717) is 18.0 Å². The molecule has 2 aromatic rings. The van der Waals surface area contributed by atoms with E-state index in [9.17, 15) is 8.42 Å². The van der Waals surface area contributed by atoms with Gasteiger partial charge < -0.3 is 11.1 Å². The number of thiophene rings is 1. The van der Waals surface area contributed by atoms with Crippen molar-refractivity contribution in [2.45, 2.75) is 24.7 Å². The van der Waals surface area contributed by atoms with Gasteiger partial charge in [0.2, 0.25) is 0 Å². The summed E-state index contributed by atoms with van der Waals surface area (Å²) in [4.78, 5) is 1.42. The zero-order valence-corrected chi connectivity index (χ0v) is 13.6. The van der Waals surface area contributed by atoms with Gasteiger partial charge in [-0.2, -0.15) is 4.37 Å². The maximum Gasteiger partial charge on any atom is 0.185 e. The number of nitrogen functional groups attached to an aromatic ring is 1. The van der Waals surface area contributed by atoms with Gasteiger partial charge in [0, 0.05) is 11.4 Å². The van der Waals surface area contributed by atoms with E-state index >= 15 is 0 Å². The summed E-state index contributed by atoms with van der Waals surface area (Å²) in [7, 11) is -3.35. The number of hydrogen-bond acceptors (Lipinski definition) is 7. The summed E-state index contributed by atoms with van der Waals surface area (Å²) >= 11 is 2.79. The van der Waals surface area contributed by atoms with Gasteiger partial charge >= 0.3 is 0 Å². The molecule has 2 aromatic heterocycles. The van der Waals surface area contributed by atoms with Gasteiger partial charge in [0.1, 0.15) is 9.90 Å². The average Bonchev–Trinajstić information content (AvgIpc) is 2.99. The van der Waals surface area contributed by atoms with Crippen molar-refractivity contribution in [1.82, 2.24) is 4.37 Å². The lowest BCUT2D eigenvalue weighted by Gasteiger charge is -2.07. The van der Waals surface area contributed by atoms with Crippen molar-refractivity contribution in [3.63, 3.8) is 0 Å². The Labute approximate surface area is 126 Å². The third kappa shape index (κ3) is 3.50. The van der Waals surface area contributed by atoms with E-state index in [1.165, 1.54) is 4.88 Å². The molecule has 8 heteroatoms. The number of sulfone groups is 1. The van der Waals surface area contributed by atoms with E-state index in [1.54, 1.807) is 11.3 Å². The van der Waals surface area contributed by atoms with Crippen LogP contribution >= 0.6 is 22.9 Å². The molecule has 0 atom stereocenters. The van der Waals surface area contributed by atoms with Gasteiger partial charge in [0.15, 0.2) is 15.7 Å². The zero-order chi connectivity index (χ0) is 14.6. The van der Waals surface area contributed by atoms with Gasteiger partial charge in [0.25, 0.3) is 0 Å². The number of rotatable bonds is 7. The Morgan fingerprint density at radius 2 is 2.25 bits per heavy atom. The zero-order valence-electron chi connectivity index (χ0n) is 11.1. The van der Waals surface area contributed by atoms with Crippen LogP contribution in [0.2, 0.25) is 0 Å². The van der Waals surface area contributed by atoms with Crippen molar-refractivity contribution in [3.05, 3.63) is 22.4 Å². The highest BCUT2D eigenvalue weighted by molar-refractivity contribution is 7.91. The monoisotopic (exact) mass is 331 g/mol. The highest BCUT2D eigenvalue weighted by atomic mass is 32.2. The first kappa shape index (κ1) is 15.3. The molecule has 110 valence electrons. The molecule has 3 N–H and O–H groups in total. The Bertz CT molecular complexity index is 648. The summed E-state index contributed by atoms with van der Waals surface area (Å²) in [5.74, 6) is 0.192. The second-order valence-electron chi connectivity index (χ2n) is 4.30. The second kappa shape index (κ2) is 6.55. The van der Waals surface area contributed by atoms with E-state index in [4.69, 9.17) is 5.73 Å². The summed E-state index contributed by atoms with van der Waals surface area (Å²) in [6, 6.07) is 4.06. The standard InChI is InChI=1S/C12H17N3O2S3/c1-2-8-20(16,17)10-11(13)15-19-12(10)14-6-5-9-4-3-7-18-9/h3-4,7,14H,2,5-6,8H2,1H3,(H2,13,15). The van der Waals surface area contributed by atoms with Crippen LogP contribution in [0.4, 0.5) is 10.8 Å². The third-order valence-electron chi connectivity index (χ3n) is 2.70. The van der Waals surface area contributed by atoms with Crippen LogP contribution in [0, 0.1) is 0 Å². The predicted molar refractivity (Wildman–Crippen MR) is 85.4 cm³/mol. The number of nitrogens with zero attached hydrogens (tertiary/aromatic N) is 1. The third-order valence-corrected chi connectivity index (χ3v) is 6.56. The van der Waals surface area contributed by atoms with Crippen LogP contribution in [0.1, 0.15) is 18.2 Å². The molecule has 5 nitrogen and oxygen atoms in total. The lowest BCUT2D eigenvalue weighted by Crippen LogP contribution is -2.11.